The molecule has 1 unspecified atom stereocenters. The lowest BCUT2D eigenvalue weighted by atomic mass is 10.2. The van der Waals surface area contributed by atoms with Gasteiger partial charge in [-0.05, 0) is 26.1 Å². The molecular formula is C18H23ClN6S. The van der Waals surface area contributed by atoms with E-state index in [2.05, 4.69) is 39.2 Å². The van der Waals surface area contributed by atoms with E-state index in [-0.39, 0.29) is 0 Å². The van der Waals surface area contributed by atoms with Crippen LogP contribution in [0.3, 0.4) is 0 Å². The Morgan fingerprint density at radius 2 is 1.92 bits per heavy atom. The molecule has 0 saturated carbocycles. The maximum atomic E-state index is 5.95. The van der Waals surface area contributed by atoms with Crippen LogP contribution in [0.4, 0.5) is 5.13 Å². The van der Waals surface area contributed by atoms with Crippen LogP contribution < -0.4 is 5.32 Å². The van der Waals surface area contributed by atoms with E-state index in [0.29, 0.717) is 6.04 Å². The number of imidazole rings is 1. The van der Waals surface area contributed by atoms with Crippen molar-refractivity contribution < 1.29 is 0 Å². The fourth-order valence-electron chi connectivity index (χ4n) is 3.19. The number of benzene rings is 1. The molecule has 1 aromatic carbocycles. The minimum atomic E-state index is 0.352. The summed E-state index contributed by atoms with van der Waals surface area (Å²) >= 11 is 7.54. The second-order valence-corrected chi connectivity index (χ2v) is 8.31. The van der Waals surface area contributed by atoms with Crippen molar-refractivity contribution in [1.29, 1.82) is 0 Å². The summed E-state index contributed by atoms with van der Waals surface area (Å²) in [6, 6.07) is 8.07. The molecule has 1 N–H and O–H groups in total. The molecule has 1 aliphatic rings. The number of halogens is 1. The van der Waals surface area contributed by atoms with E-state index < -0.39 is 0 Å². The van der Waals surface area contributed by atoms with Gasteiger partial charge in [0.05, 0.1) is 11.9 Å². The van der Waals surface area contributed by atoms with Gasteiger partial charge in [-0.15, -0.1) is 5.10 Å². The Kier molecular flexibility index (Phi) is 5.13. The molecule has 8 heteroatoms. The van der Waals surface area contributed by atoms with Crippen LogP contribution in [-0.2, 0) is 0 Å². The zero-order valence-electron chi connectivity index (χ0n) is 15.0. The molecule has 0 bridgehead atoms. The standard InChI is InChI=1S/C18H23ClN6S/c1-13(11-24-9-7-23(2)8-10-24)20-17-22-25-12-16(21-18(25)26-17)14-3-5-15(19)6-4-14/h3-6,12-13H,7-11H2,1-2H3,(H,20,22). The van der Waals surface area contributed by atoms with Crippen LogP contribution in [0.25, 0.3) is 16.2 Å². The van der Waals surface area contributed by atoms with Crippen molar-refractivity contribution >= 4 is 33.0 Å². The average molecular weight is 391 g/mol. The Hall–Kier alpha value is -1.67. The number of hydrogen-bond donors (Lipinski definition) is 1. The number of hydrogen-bond acceptors (Lipinski definition) is 6. The van der Waals surface area contributed by atoms with E-state index >= 15 is 0 Å². The summed E-state index contributed by atoms with van der Waals surface area (Å²) in [5.74, 6) is 0. The Morgan fingerprint density at radius 1 is 1.19 bits per heavy atom. The highest BCUT2D eigenvalue weighted by Gasteiger charge is 2.17. The van der Waals surface area contributed by atoms with Gasteiger partial charge in [0.15, 0.2) is 0 Å². The first kappa shape index (κ1) is 17.7. The topological polar surface area (TPSA) is 48.7 Å². The van der Waals surface area contributed by atoms with E-state index in [4.69, 9.17) is 11.6 Å². The number of rotatable bonds is 5. The molecule has 1 saturated heterocycles. The lowest BCUT2D eigenvalue weighted by Crippen LogP contribution is -2.47. The van der Waals surface area contributed by atoms with E-state index in [1.807, 2.05) is 35.0 Å². The predicted octanol–water partition coefficient (Wildman–Crippen LogP) is 3.16. The van der Waals surface area contributed by atoms with Crippen LogP contribution in [0, 0.1) is 0 Å². The molecule has 1 aliphatic heterocycles. The molecule has 1 atom stereocenters. The van der Waals surface area contributed by atoms with Gasteiger partial charge in [0.1, 0.15) is 0 Å². The first-order chi connectivity index (χ1) is 12.6. The molecule has 1 fully saturated rings. The molecule has 6 nitrogen and oxygen atoms in total. The maximum Gasteiger partial charge on any atom is 0.214 e. The number of nitrogens with zero attached hydrogens (tertiary/aromatic N) is 5. The third kappa shape index (κ3) is 4.01. The molecule has 0 radical (unpaired) electrons. The van der Waals surface area contributed by atoms with Crippen LogP contribution in [0.5, 0.6) is 0 Å². The minimum absolute atomic E-state index is 0.352. The fourth-order valence-corrected chi connectivity index (χ4v) is 4.21. The second kappa shape index (κ2) is 7.52. The second-order valence-electron chi connectivity index (χ2n) is 6.92. The van der Waals surface area contributed by atoms with Crippen molar-refractivity contribution in [3.63, 3.8) is 0 Å². The highest BCUT2D eigenvalue weighted by Crippen LogP contribution is 2.25. The first-order valence-electron chi connectivity index (χ1n) is 8.86. The van der Waals surface area contributed by atoms with Gasteiger partial charge in [-0.3, -0.25) is 4.90 Å². The summed E-state index contributed by atoms with van der Waals surface area (Å²) in [5.41, 5.74) is 1.96. The zero-order valence-corrected chi connectivity index (χ0v) is 16.6. The first-order valence-corrected chi connectivity index (χ1v) is 10.1. The van der Waals surface area contributed by atoms with Crippen molar-refractivity contribution in [2.24, 2.45) is 0 Å². The molecule has 3 heterocycles. The van der Waals surface area contributed by atoms with Gasteiger partial charge in [0.25, 0.3) is 0 Å². The van der Waals surface area contributed by atoms with Gasteiger partial charge < -0.3 is 10.2 Å². The number of anilines is 1. The molecule has 0 aliphatic carbocycles. The van der Waals surface area contributed by atoms with Gasteiger partial charge in [0, 0.05) is 49.4 Å². The van der Waals surface area contributed by atoms with E-state index in [9.17, 15) is 0 Å². The van der Waals surface area contributed by atoms with Crippen LogP contribution in [0.15, 0.2) is 30.5 Å². The minimum Gasteiger partial charge on any atom is -0.356 e. The number of nitrogens with one attached hydrogen (secondary N) is 1. The third-order valence-corrected chi connectivity index (χ3v) is 5.79. The molecule has 0 spiro atoms. The van der Waals surface area contributed by atoms with Gasteiger partial charge >= 0.3 is 0 Å². The normalized spacial score (nSPS) is 17.7. The van der Waals surface area contributed by atoms with Crippen LogP contribution in [0.2, 0.25) is 5.02 Å². The Balaban J connectivity index is 1.40. The van der Waals surface area contributed by atoms with Crippen molar-refractivity contribution in [2.45, 2.75) is 13.0 Å². The molecule has 138 valence electrons. The number of fused-ring (bicyclic) bond motifs is 1. The van der Waals surface area contributed by atoms with Crippen molar-refractivity contribution in [3.05, 3.63) is 35.5 Å². The summed E-state index contributed by atoms with van der Waals surface area (Å²) in [6.45, 7) is 7.80. The maximum absolute atomic E-state index is 5.95. The molecule has 0 amide bonds. The smallest absolute Gasteiger partial charge is 0.214 e. The molecule has 4 rings (SSSR count). The monoisotopic (exact) mass is 390 g/mol. The van der Waals surface area contributed by atoms with Crippen LogP contribution in [-0.4, -0.2) is 70.2 Å². The number of likely N-dealkylation sites (N-methyl/N-ethyl adjacent to an activating group) is 1. The Morgan fingerprint density at radius 3 is 2.62 bits per heavy atom. The lowest BCUT2D eigenvalue weighted by Gasteiger charge is -2.33. The van der Waals surface area contributed by atoms with Crippen molar-refractivity contribution in [2.75, 3.05) is 45.1 Å². The highest BCUT2D eigenvalue weighted by atomic mass is 35.5. The van der Waals surface area contributed by atoms with Crippen molar-refractivity contribution in [3.8, 4) is 11.3 Å². The number of piperazine rings is 1. The highest BCUT2D eigenvalue weighted by molar-refractivity contribution is 7.20. The molecule has 3 aromatic rings. The van der Waals surface area contributed by atoms with Crippen molar-refractivity contribution in [1.82, 2.24) is 24.4 Å². The summed E-state index contributed by atoms with van der Waals surface area (Å²) in [7, 11) is 2.18. The quantitative estimate of drug-likeness (QED) is 0.725. The third-order valence-electron chi connectivity index (χ3n) is 4.68. The van der Waals surface area contributed by atoms with Gasteiger partial charge in [-0.25, -0.2) is 9.50 Å². The van der Waals surface area contributed by atoms with Gasteiger partial charge in [-0.2, -0.15) is 0 Å². The Bertz CT molecular complexity index is 834. The van der Waals surface area contributed by atoms with E-state index in [0.717, 1.165) is 59.1 Å². The summed E-state index contributed by atoms with van der Waals surface area (Å²) in [4.78, 5) is 10.5. The lowest BCUT2D eigenvalue weighted by molar-refractivity contribution is 0.151. The van der Waals surface area contributed by atoms with E-state index in [1.54, 1.807) is 11.3 Å². The van der Waals surface area contributed by atoms with Gasteiger partial charge in [0.2, 0.25) is 10.1 Å². The molecular weight excluding hydrogens is 368 g/mol. The fraction of sp³-hybridized carbons (Fsp3) is 0.444. The molecule has 26 heavy (non-hydrogen) atoms. The SMILES string of the molecule is CC(CN1CCN(C)CC1)Nc1nn2cc(-c3ccc(Cl)cc3)nc2s1. The average Bonchev–Trinajstić information content (AvgIpc) is 3.16. The summed E-state index contributed by atoms with van der Waals surface area (Å²) < 4.78 is 1.85. The largest absolute Gasteiger partial charge is 0.356 e. The summed E-state index contributed by atoms with van der Waals surface area (Å²) in [6.07, 6.45) is 1.96. The zero-order chi connectivity index (χ0) is 18.1. The van der Waals surface area contributed by atoms with E-state index in [1.165, 1.54) is 0 Å². The Labute approximate surface area is 162 Å². The van der Waals surface area contributed by atoms with Crippen LogP contribution >= 0.6 is 22.9 Å². The summed E-state index contributed by atoms with van der Waals surface area (Å²) in [5, 5.41) is 9.79. The number of aromatic nitrogens is 3. The molecule has 2 aromatic heterocycles. The van der Waals surface area contributed by atoms with Gasteiger partial charge in [-0.1, -0.05) is 35.1 Å². The predicted molar refractivity (Wildman–Crippen MR) is 108 cm³/mol. The van der Waals surface area contributed by atoms with Crippen LogP contribution in [0.1, 0.15) is 6.92 Å².